The van der Waals surface area contributed by atoms with Crippen molar-refractivity contribution in [1.82, 2.24) is 10.2 Å². The number of carboxylic acid groups (broad SMARTS) is 1. The highest BCUT2D eigenvalue weighted by Gasteiger charge is 2.42. The quantitative estimate of drug-likeness (QED) is 0.363. The number of carboxylic acids is 1. The second kappa shape index (κ2) is 9.34. The molecule has 1 fully saturated rings. The molecule has 4 unspecified atom stereocenters. The van der Waals surface area contributed by atoms with Crippen molar-refractivity contribution < 1.29 is 29.7 Å². The van der Waals surface area contributed by atoms with E-state index in [1.165, 1.54) is 23.1 Å². The van der Waals surface area contributed by atoms with E-state index in [-0.39, 0.29) is 30.4 Å². The van der Waals surface area contributed by atoms with Gasteiger partial charge in [-0.2, -0.15) is 0 Å². The largest absolute Gasteiger partial charge is 0.504 e. The second-order valence-corrected chi connectivity index (χ2v) is 7.67. The maximum absolute atomic E-state index is 12.9. The minimum Gasteiger partial charge on any atom is -0.504 e. The number of nitrogens with one attached hydrogen (secondary N) is 1. The van der Waals surface area contributed by atoms with Crippen molar-refractivity contribution in [2.24, 2.45) is 0 Å². The molecular formula is C18H22Cl2N2O6. The highest BCUT2D eigenvalue weighted by atomic mass is 35.5. The molecule has 1 aliphatic heterocycles. The standard InChI is InChI=1S/C18H22Cl2N2O6/c1-2-3-11-17(26)22(8-10(19)15(20)18(27)28)12(16(25)21-11)6-9-4-5-13(23)14(24)7-9/h4-5,7,10-12,15,23-24H,2-3,6,8H2,1H3,(H,21,25)(H,27,28). The summed E-state index contributed by atoms with van der Waals surface area (Å²) in [7, 11) is 0. The first-order chi connectivity index (χ1) is 13.1. The van der Waals surface area contributed by atoms with Crippen LogP contribution in [0.3, 0.4) is 0 Å². The third-order valence-electron chi connectivity index (χ3n) is 4.55. The highest BCUT2D eigenvalue weighted by molar-refractivity contribution is 6.36. The van der Waals surface area contributed by atoms with Gasteiger partial charge in [0.25, 0.3) is 0 Å². The Labute approximate surface area is 172 Å². The van der Waals surface area contributed by atoms with Crippen molar-refractivity contribution in [3.05, 3.63) is 23.8 Å². The number of piperazine rings is 1. The lowest BCUT2D eigenvalue weighted by Crippen LogP contribution is -2.65. The summed E-state index contributed by atoms with van der Waals surface area (Å²) >= 11 is 11.9. The van der Waals surface area contributed by atoms with Crippen LogP contribution in [0, 0.1) is 0 Å². The average molecular weight is 433 g/mol. The van der Waals surface area contributed by atoms with Crippen molar-refractivity contribution in [1.29, 1.82) is 0 Å². The average Bonchev–Trinajstić information content (AvgIpc) is 2.64. The summed E-state index contributed by atoms with van der Waals surface area (Å²) in [5.74, 6) is -2.75. The molecule has 1 heterocycles. The Kier molecular flexibility index (Phi) is 7.37. The topological polar surface area (TPSA) is 127 Å². The Morgan fingerprint density at radius 2 is 1.93 bits per heavy atom. The Hall–Kier alpha value is -2.19. The lowest BCUT2D eigenvalue weighted by Gasteiger charge is -2.40. The van der Waals surface area contributed by atoms with Gasteiger partial charge < -0.3 is 25.5 Å². The fourth-order valence-electron chi connectivity index (χ4n) is 3.08. The molecule has 4 N–H and O–H groups in total. The Bertz CT molecular complexity index is 760. The predicted octanol–water partition coefficient (Wildman–Crippen LogP) is 1.44. The van der Waals surface area contributed by atoms with E-state index in [4.69, 9.17) is 28.3 Å². The van der Waals surface area contributed by atoms with Crippen molar-refractivity contribution in [3.8, 4) is 11.5 Å². The molecule has 154 valence electrons. The van der Waals surface area contributed by atoms with Crippen LogP contribution in [0.2, 0.25) is 0 Å². The number of phenolic OH excluding ortho intramolecular Hbond substituents is 2. The van der Waals surface area contributed by atoms with Gasteiger partial charge in [-0.25, -0.2) is 0 Å². The van der Waals surface area contributed by atoms with Gasteiger partial charge in [0.05, 0.1) is 5.38 Å². The third kappa shape index (κ3) is 4.99. The summed E-state index contributed by atoms with van der Waals surface area (Å²) in [5, 5.41) is 28.3. The molecule has 4 atom stereocenters. The van der Waals surface area contributed by atoms with E-state index in [2.05, 4.69) is 5.32 Å². The minimum atomic E-state index is -1.43. The molecule has 1 aromatic carbocycles. The van der Waals surface area contributed by atoms with Gasteiger partial charge in [0.2, 0.25) is 11.8 Å². The van der Waals surface area contributed by atoms with Gasteiger partial charge in [-0.1, -0.05) is 19.4 Å². The van der Waals surface area contributed by atoms with Gasteiger partial charge in [-0.3, -0.25) is 14.4 Å². The van der Waals surface area contributed by atoms with E-state index < -0.39 is 34.7 Å². The van der Waals surface area contributed by atoms with Crippen LogP contribution in [-0.4, -0.2) is 67.4 Å². The molecule has 2 rings (SSSR count). The number of halogens is 2. The minimum absolute atomic E-state index is 0.0495. The lowest BCUT2D eigenvalue weighted by molar-refractivity contribution is -0.149. The number of carbonyl (C=O) groups excluding carboxylic acids is 2. The molecule has 0 aromatic heterocycles. The van der Waals surface area contributed by atoms with Crippen LogP contribution in [0.25, 0.3) is 0 Å². The van der Waals surface area contributed by atoms with Gasteiger partial charge in [0.1, 0.15) is 17.5 Å². The van der Waals surface area contributed by atoms with E-state index in [0.717, 1.165) is 0 Å². The Balaban J connectivity index is 2.29. The summed E-state index contributed by atoms with van der Waals surface area (Å²) in [6, 6.07) is 2.42. The van der Waals surface area contributed by atoms with Crippen molar-refractivity contribution >= 4 is 41.0 Å². The molecule has 1 aliphatic rings. The number of amides is 2. The smallest absolute Gasteiger partial charge is 0.323 e. The van der Waals surface area contributed by atoms with E-state index >= 15 is 0 Å². The predicted molar refractivity (Wildman–Crippen MR) is 103 cm³/mol. The van der Waals surface area contributed by atoms with Gasteiger partial charge in [0.15, 0.2) is 11.5 Å². The molecule has 0 radical (unpaired) electrons. The first-order valence-electron chi connectivity index (χ1n) is 8.78. The number of benzene rings is 1. The first kappa shape index (κ1) is 22.1. The van der Waals surface area contributed by atoms with E-state index in [9.17, 15) is 24.6 Å². The number of aliphatic carboxylic acids is 1. The number of rotatable bonds is 8. The lowest BCUT2D eigenvalue weighted by atomic mass is 9.97. The normalized spacial score (nSPS) is 21.9. The monoisotopic (exact) mass is 432 g/mol. The number of hydrogen-bond acceptors (Lipinski definition) is 5. The number of alkyl halides is 2. The molecule has 0 aliphatic carbocycles. The molecule has 10 heteroatoms. The van der Waals surface area contributed by atoms with Crippen LogP contribution in [0.5, 0.6) is 11.5 Å². The van der Waals surface area contributed by atoms with Crippen LogP contribution >= 0.6 is 23.2 Å². The third-order valence-corrected chi connectivity index (χ3v) is 5.56. The van der Waals surface area contributed by atoms with Gasteiger partial charge >= 0.3 is 5.97 Å². The zero-order valence-corrected chi connectivity index (χ0v) is 16.7. The van der Waals surface area contributed by atoms with E-state index in [0.29, 0.717) is 18.4 Å². The zero-order chi connectivity index (χ0) is 21.0. The van der Waals surface area contributed by atoms with Crippen molar-refractivity contribution in [3.63, 3.8) is 0 Å². The molecule has 1 saturated heterocycles. The van der Waals surface area contributed by atoms with Crippen molar-refractivity contribution in [2.75, 3.05) is 6.54 Å². The summed E-state index contributed by atoms with van der Waals surface area (Å²) in [4.78, 5) is 37.9. The Morgan fingerprint density at radius 1 is 1.25 bits per heavy atom. The second-order valence-electron chi connectivity index (χ2n) is 6.64. The molecule has 0 saturated carbocycles. The van der Waals surface area contributed by atoms with Crippen LogP contribution in [0.15, 0.2) is 18.2 Å². The number of hydrogen-bond donors (Lipinski definition) is 4. The molecule has 0 bridgehead atoms. The van der Waals surface area contributed by atoms with Crippen LogP contribution < -0.4 is 5.32 Å². The summed E-state index contributed by atoms with van der Waals surface area (Å²) in [5.41, 5.74) is 0.508. The maximum Gasteiger partial charge on any atom is 0.323 e. The molecule has 28 heavy (non-hydrogen) atoms. The van der Waals surface area contributed by atoms with Gasteiger partial charge in [-0.05, 0) is 24.1 Å². The van der Waals surface area contributed by atoms with E-state index in [1.807, 2.05) is 6.92 Å². The first-order valence-corrected chi connectivity index (χ1v) is 9.65. The fraction of sp³-hybridized carbons (Fsp3) is 0.500. The van der Waals surface area contributed by atoms with Gasteiger partial charge in [0, 0.05) is 13.0 Å². The SMILES string of the molecule is CCCC1NC(=O)C(Cc2ccc(O)c(O)c2)N(CC(Cl)C(Cl)C(=O)O)C1=O. The highest BCUT2D eigenvalue weighted by Crippen LogP contribution is 2.27. The van der Waals surface area contributed by atoms with Gasteiger partial charge in [-0.15, -0.1) is 23.2 Å². The summed E-state index contributed by atoms with van der Waals surface area (Å²) in [6.07, 6.45) is 1.15. The fourth-order valence-corrected chi connectivity index (χ4v) is 3.42. The van der Waals surface area contributed by atoms with Crippen LogP contribution in [0.1, 0.15) is 25.3 Å². The van der Waals surface area contributed by atoms with Crippen LogP contribution in [-0.2, 0) is 20.8 Å². The molecule has 2 amide bonds. The zero-order valence-electron chi connectivity index (χ0n) is 15.1. The Morgan fingerprint density at radius 3 is 2.50 bits per heavy atom. The molecule has 0 spiro atoms. The summed E-state index contributed by atoms with van der Waals surface area (Å²) < 4.78 is 0. The molecular weight excluding hydrogens is 411 g/mol. The molecule has 1 aromatic rings. The number of carbonyl (C=O) groups is 3. The maximum atomic E-state index is 12.9. The number of aromatic hydroxyl groups is 2. The molecule has 8 nitrogen and oxygen atoms in total. The number of nitrogens with zero attached hydrogens (tertiary/aromatic N) is 1. The van der Waals surface area contributed by atoms with Crippen molar-refractivity contribution in [2.45, 2.75) is 49.0 Å². The van der Waals surface area contributed by atoms with Crippen LogP contribution in [0.4, 0.5) is 0 Å². The van der Waals surface area contributed by atoms with E-state index in [1.54, 1.807) is 0 Å². The number of phenols is 2. The summed E-state index contributed by atoms with van der Waals surface area (Å²) in [6.45, 7) is 1.65.